The highest BCUT2D eigenvalue weighted by Gasteiger charge is 2.25. The highest BCUT2D eigenvalue weighted by Crippen LogP contribution is 2.41. The quantitative estimate of drug-likeness (QED) is 0.162. The van der Waals surface area contributed by atoms with E-state index in [4.69, 9.17) is 29.9 Å². The number of halogens is 2. The Balaban J connectivity index is 1.36. The van der Waals surface area contributed by atoms with Gasteiger partial charge in [0.2, 0.25) is 0 Å². The largest absolute Gasteiger partial charge is 0.291 e. The van der Waals surface area contributed by atoms with Gasteiger partial charge in [0.1, 0.15) is 42.3 Å². The zero-order valence-electron chi connectivity index (χ0n) is 27.4. The maximum absolute atomic E-state index is 5.40. The molecule has 0 unspecified atom stereocenters. The normalized spacial score (nSPS) is 12.2. The van der Waals surface area contributed by atoms with Gasteiger partial charge in [-0.25, -0.2) is 19.9 Å². The van der Waals surface area contributed by atoms with E-state index in [9.17, 15) is 0 Å². The summed E-state index contributed by atoms with van der Waals surface area (Å²) in [5, 5.41) is 4.65. The molecule has 10 rings (SSSR count). The van der Waals surface area contributed by atoms with Crippen LogP contribution in [0.5, 0.6) is 0 Å². The fourth-order valence-corrected chi connectivity index (χ4v) is 8.67. The fraction of sp³-hybridized carbons (Fsp3) is 0.100. The molecule has 5 aromatic carbocycles. The smallest absolute Gasteiger partial charge is 0.171 e. The topological polar surface area (TPSA) is 87.2 Å². The van der Waals surface area contributed by atoms with Crippen molar-refractivity contribution in [1.29, 1.82) is 0 Å². The molecule has 0 fully saturated rings. The van der Waals surface area contributed by atoms with Gasteiger partial charge >= 0.3 is 0 Å². The van der Waals surface area contributed by atoms with Crippen LogP contribution < -0.4 is 0 Å². The molecule has 0 spiro atoms. The van der Waals surface area contributed by atoms with Gasteiger partial charge in [-0.2, -0.15) is 0 Å². The van der Waals surface area contributed by atoms with Crippen molar-refractivity contribution in [3.63, 3.8) is 0 Å². The lowest BCUT2D eigenvalue weighted by atomic mass is 10.1. The summed E-state index contributed by atoms with van der Waals surface area (Å²) in [6.07, 6.45) is 3.37. The minimum atomic E-state index is 0.591. The molecule has 8 nitrogen and oxygen atoms in total. The standard InChI is InChI=1S/C40H26Br2N8/c1-19-9-5-13-23-24-14-6-10-20(2)34(24)49(33(19)23)39-38(42)46-31-30(47-39)28-27(43-17-18-44-28)29-32(31)48-40(37(41)45-29)50-35-21(3)11-7-15-25(35)26-16-8-12-22(4)36(26)50/h5-18H,1-4H3. The molecule has 5 aromatic heterocycles. The molecule has 10 heteroatoms. The highest BCUT2D eigenvalue weighted by atomic mass is 79.9. The predicted molar refractivity (Wildman–Crippen MR) is 209 cm³/mol. The van der Waals surface area contributed by atoms with Crippen molar-refractivity contribution < 1.29 is 0 Å². The third-order valence-electron chi connectivity index (χ3n) is 9.89. The molecular weight excluding hydrogens is 752 g/mol. The number of hydrogen-bond acceptors (Lipinski definition) is 6. The molecule has 0 N–H and O–H groups in total. The molecule has 240 valence electrons. The lowest BCUT2D eigenvalue weighted by Gasteiger charge is -2.15. The van der Waals surface area contributed by atoms with Gasteiger partial charge in [-0.1, -0.05) is 72.8 Å². The predicted octanol–water partition coefficient (Wildman–Crippen LogP) is 10.5. The SMILES string of the molecule is Cc1cccc2c3cccc(C)c3n(-c3nc4c5nccnc5c5nc(Br)c(-n6c7c(C)cccc7c7cccc(C)c76)nc5c4nc3Br)c12. The summed E-state index contributed by atoms with van der Waals surface area (Å²) in [5.41, 5.74) is 12.5. The summed E-state index contributed by atoms with van der Waals surface area (Å²) in [7, 11) is 0. The lowest BCUT2D eigenvalue weighted by Crippen LogP contribution is -2.07. The van der Waals surface area contributed by atoms with Gasteiger partial charge in [0.25, 0.3) is 0 Å². The van der Waals surface area contributed by atoms with Crippen LogP contribution in [0, 0.1) is 27.7 Å². The van der Waals surface area contributed by atoms with E-state index in [2.05, 4.69) is 141 Å². The van der Waals surface area contributed by atoms with Gasteiger partial charge in [-0.15, -0.1) is 0 Å². The van der Waals surface area contributed by atoms with Gasteiger partial charge in [0.15, 0.2) is 11.6 Å². The summed E-state index contributed by atoms with van der Waals surface area (Å²) < 4.78 is 5.63. The molecule has 0 amide bonds. The van der Waals surface area contributed by atoms with Gasteiger partial charge in [0.05, 0.1) is 22.1 Å². The summed E-state index contributed by atoms with van der Waals surface area (Å²) >= 11 is 7.70. The van der Waals surface area contributed by atoms with Crippen LogP contribution in [0.15, 0.2) is 94.4 Å². The minimum absolute atomic E-state index is 0.591. The molecule has 0 saturated carbocycles. The fourth-order valence-electron chi connectivity index (χ4n) is 7.78. The Morgan fingerprint density at radius 2 is 0.700 bits per heavy atom. The van der Waals surface area contributed by atoms with E-state index >= 15 is 0 Å². The van der Waals surface area contributed by atoms with Crippen LogP contribution in [0.2, 0.25) is 0 Å². The zero-order chi connectivity index (χ0) is 34.0. The number of nitrogens with zero attached hydrogens (tertiary/aromatic N) is 8. The Kier molecular flexibility index (Phi) is 6.27. The lowest BCUT2D eigenvalue weighted by molar-refractivity contribution is 1.03. The first kappa shape index (κ1) is 29.6. The molecular formula is C40H26Br2N8. The van der Waals surface area contributed by atoms with Crippen molar-refractivity contribution in [2.24, 2.45) is 0 Å². The second-order valence-corrected chi connectivity index (χ2v) is 14.4. The van der Waals surface area contributed by atoms with Crippen LogP contribution in [0.25, 0.3) is 88.3 Å². The second-order valence-electron chi connectivity index (χ2n) is 12.9. The monoisotopic (exact) mass is 776 g/mol. The van der Waals surface area contributed by atoms with Crippen LogP contribution in [0.3, 0.4) is 0 Å². The molecule has 0 bridgehead atoms. The molecule has 0 aliphatic rings. The third kappa shape index (κ3) is 3.91. The Morgan fingerprint density at radius 1 is 0.400 bits per heavy atom. The van der Waals surface area contributed by atoms with E-state index in [1.165, 1.54) is 0 Å². The van der Waals surface area contributed by atoms with Gasteiger partial charge < -0.3 is 0 Å². The van der Waals surface area contributed by atoms with Crippen LogP contribution in [0.1, 0.15) is 22.3 Å². The summed E-state index contributed by atoms with van der Waals surface area (Å²) in [4.78, 5) is 30.7. The van der Waals surface area contributed by atoms with Crippen LogP contribution in [-0.4, -0.2) is 39.0 Å². The Morgan fingerprint density at radius 3 is 1.06 bits per heavy atom. The second kappa shape index (κ2) is 10.6. The van der Waals surface area contributed by atoms with Crippen molar-refractivity contribution in [3.8, 4) is 11.6 Å². The average molecular weight is 779 g/mol. The van der Waals surface area contributed by atoms with Crippen molar-refractivity contribution in [3.05, 3.63) is 117 Å². The van der Waals surface area contributed by atoms with Crippen molar-refractivity contribution >= 4 is 109 Å². The van der Waals surface area contributed by atoms with E-state index in [0.717, 1.165) is 65.9 Å². The number of aromatic nitrogens is 8. The molecule has 0 atom stereocenters. The Hall–Kier alpha value is -5.32. The number of aryl methyl sites for hydroxylation is 4. The molecule has 5 heterocycles. The molecule has 0 aliphatic heterocycles. The number of rotatable bonds is 2. The summed E-state index contributed by atoms with van der Waals surface area (Å²) in [6.45, 7) is 8.54. The molecule has 50 heavy (non-hydrogen) atoms. The van der Waals surface area contributed by atoms with E-state index in [0.29, 0.717) is 53.9 Å². The van der Waals surface area contributed by atoms with E-state index in [1.807, 2.05) is 0 Å². The summed E-state index contributed by atoms with van der Waals surface area (Å²) in [5.74, 6) is 1.34. The molecule has 0 saturated heterocycles. The van der Waals surface area contributed by atoms with Crippen molar-refractivity contribution in [2.75, 3.05) is 0 Å². The first-order chi connectivity index (χ1) is 24.3. The first-order valence-corrected chi connectivity index (χ1v) is 17.9. The molecule has 10 aromatic rings. The first-order valence-electron chi connectivity index (χ1n) is 16.3. The third-order valence-corrected chi connectivity index (χ3v) is 11.0. The van der Waals surface area contributed by atoms with Crippen LogP contribution in [-0.2, 0) is 0 Å². The van der Waals surface area contributed by atoms with E-state index in [1.54, 1.807) is 12.4 Å². The van der Waals surface area contributed by atoms with Crippen molar-refractivity contribution in [1.82, 2.24) is 39.0 Å². The molecule has 0 radical (unpaired) electrons. The number of hydrogen-bond donors (Lipinski definition) is 0. The summed E-state index contributed by atoms with van der Waals surface area (Å²) in [6, 6.07) is 25.6. The molecule has 0 aliphatic carbocycles. The van der Waals surface area contributed by atoms with Gasteiger partial charge in [-0.3, -0.25) is 19.1 Å². The minimum Gasteiger partial charge on any atom is -0.291 e. The number of fused-ring (bicyclic) bond motifs is 12. The maximum atomic E-state index is 5.40. The Labute approximate surface area is 302 Å². The average Bonchev–Trinajstić information content (AvgIpc) is 3.64. The zero-order valence-corrected chi connectivity index (χ0v) is 30.6. The maximum Gasteiger partial charge on any atom is 0.171 e. The Bertz CT molecular complexity index is 3010. The number of para-hydroxylation sites is 4. The van der Waals surface area contributed by atoms with Crippen LogP contribution >= 0.6 is 31.9 Å². The van der Waals surface area contributed by atoms with Crippen LogP contribution in [0.4, 0.5) is 0 Å². The van der Waals surface area contributed by atoms with E-state index < -0.39 is 0 Å². The van der Waals surface area contributed by atoms with E-state index in [-0.39, 0.29) is 0 Å². The highest BCUT2D eigenvalue weighted by molar-refractivity contribution is 9.10. The van der Waals surface area contributed by atoms with Gasteiger partial charge in [0, 0.05) is 33.9 Å². The van der Waals surface area contributed by atoms with Gasteiger partial charge in [-0.05, 0) is 81.8 Å². The van der Waals surface area contributed by atoms with Crippen molar-refractivity contribution in [2.45, 2.75) is 27.7 Å². The number of benzene rings is 5.